The van der Waals surface area contributed by atoms with Gasteiger partial charge in [-0.05, 0) is 24.3 Å². The summed E-state index contributed by atoms with van der Waals surface area (Å²) in [5.74, 6) is -0.0999. The third-order valence-corrected chi connectivity index (χ3v) is 3.04. The highest BCUT2D eigenvalue weighted by Gasteiger charge is 2.21. The van der Waals surface area contributed by atoms with E-state index in [9.17, 15) is 4.79 Å². The van der Waals surface area contributed by atoms with Crippen LogP contribution in [0, 0.1) is 0 Å². The molecule has 18 heavy (non-hydrogen) atoms. The van der Waals surface area contributed by atoms with E-state index in [1.54, 1.807) is 0 Å². The molecule has 1 aromatic carbocycles. The highest BCUT2D eigenvalue weighted by molar-refractivity contribution is 5.96. The second-order valence-electron chi connectivity index (χ2n) is 4.33. The van der Waals surface area contributed by atoms with Crippen molar-refractivity contribution in [3.05, 3.63) is 30.5 Å². The van der Waals surface area contributed by atoms with E-state index in [0.29, 0.717) is 13.2 Å². The minimum Gasteiger partial charge on any atom is -0.366 e. The zero-order chi connectivity index (χ0) is 12.4. The average Bonchev–Trinajstić information content (AvgIpc) is 2.87. The first-order valence-electron chi connectivity index (χ1n) is 6.03. The van der Waals surface area contributed by atoms with Gasteiger partial charge in [0.1, 0.15) is 6.10 Å². The van der Waals surface area contributed by atoms with Crippen LogP contribution in [-0.4, -0.2) is 36.7 Å². The first-order chi connectivity index (χ1) is 8.83. The molecule has 1 aliphatic rings. The first-order valence-corrected chi connectivity index (χ1v) is 6.03. The quantitative estimate of drug-likeness (QED) is 0.742. The number of aromatic amines is 1. The van der Waals surface area contributed by atoms with E-state index < -0.39 is 6.10 Å². The molecular formula is C13H15N3O2. The van der Waals surface area contributed by atoms with Crippen molar-refractivity contribution in [1.29, 1.82) is 0 Å². The SMILES string of the molecule is O=C(Nc1ccc2[nH]ccc2c1)C1CNCCO1. The van der Waals surface area contributed by atoms with Crippen molar-refractivity contribution in [3.8, 4) is 0 Å². The summed E-state index contributed by atoms with van der Waals surface area (Å²) in [5.41, 5.74) is 1.85. The maximum Gasteiger partial charge on any atom is 0.254 e. The van der Waals surface area contributed by atoms with Gasteiger partial charge in [-0.3, -0.25) is 4.79 Å². The Labute approximate surface area is 105 Å². The largest absolute Gasteiger partial charge is 0.366 e. The minimum atomic E-state index is -0.402. The smallest absolute Gasteiger partial charge is 0.254 e. The van der Waals surface area contributed by atoms with Crippen LogP contribution >= 0.6 is 0 Å². The summed E-state index contributed by atoms with van der Waals surface area (Å²) >= 11 is 0. The number of nitrogens with one attached hydrogen (secondary N) is 3. The molecule has 0 aliphatic carbocycles. The predicted molar refractivity (Wildman–Crippen MR) is 69.5 cm³/mol. The van der Waals surface area contributed by atoms with Gasteiger partial charge in [-0.1, -0.05) is 0 Å². The van der Waals surface area contributed by atoms with Crippen molar-refractivity contribution < 1.29 is 9.53 Å². The Balaban J connectivity index is 1.72. The van der Waals surface area contributed by atoms with E-state index in [1.165, 1.54) is 0 Å². The molecule has 1 aromatic heterocycles. The molecule has 1 atom stereocenters. The van der Waals surface area contributed by atoms with Crippen LogP contribution in [0.5, 0.6) is 0 Å². The Hall–Kier alpha value is -1.85. The molecule has 0 radical (unpaired) electrons. The summed E-state index contributed by atoms with van der Waals surface area (Å²) in [7, 11) is 0. The van der Waals surface area contributed by atoms with E-state index in [2.05, 4.69) is 15.6 Å². The molecule has 1 saturated heterocycles. The van der Waals surface area contributed by atoms with Crippen molar-refractivity contribution in [2.24, 2.45) is 0 Å². The lowest BCUT2D eigenvalue weighted by Crippen LogP contribution is -2.45. The maximum absolute atomic E-state index is 12.0. The Morgan fingerprint density at radius 1 is 1.39 bits per heavy atom. The molecule has 1 aliphatic heterocycles. The molecule has 0 saturated carbocycles. The number of H-pyrrole nitrogens is 1. The standard InChI is InChI=1S/C13H15N3O2/c17-13(12-8-14-5-6-18-12)16-10-1-2-11-9(7-10)3-4-15-11/h1-4,7,12,14-15H,5-6,8H2,(H,16,17). The molecule has 1 unspecified atom stereocenters. The lowest BCUT2D eigenvalue weighted by Gasteiger charge is -2.22. The summed E-state index contributed by atoms with van der Waals surface area (Å²) in [6, 6.07) is 7.75. The molecule has 0 spiro atoms. The zero-order valence-corrected chi connectivity index (χ0v) is 9.90. The molecule has 1 amide bonds. The van der Waals surface area contributed by atoms with E-state index in [-0.39, 0.29) is 5.91 Å². The van der Waals surface area contributed by atoms with Gasteiger partial charge < -0.3 is 20.4 Å². The fourth-order valence-electron chi connectivity index (χ4n) is 2.09. The number of carbonyl (C=O) groups excluding carboxylic acids is 1. The molecule has 5 nitrogen and oxygen atoms in total. The van der Waals surface area contributed by atoms with Gasteiger partial charge >= 0.3 is 0 Å². The van der Waals surface area contributed by atoms with Crippen molar-refractivity contribution in [2.45, 2.75) is 6.10 Å². The molecule has 3 N–H and O–H groups in total. The van der Waals surface area contributed by atoms with Crippen LogP contribution in [-0.2, 0) is 9.53 Å². The van der Waals surface area contributed by atoms with Crippen LogP contribution in [0.1, 0.15) is 0 Å². The fourth-order valence-corrected chi connectivity index (χ4v) is 2.09. The number of fused-ring (bicyclic) bond motifs is 1. The van der Waals surface area contributed by atoms with Crippen LogP contribution < -0.4 is 10.6 Å². The molecule has 3 rings (SSSR count). The van der Waals surface area contributed by atoms with Crippen LogP contribution in [0.3, 0.4) is 0 Å². The number of hydrogen-bond donors (Lipinski definition) is 3. The molecular weight excluding hydrogens is 230 g/mol. The third-order valence-electron chi connectivity index (χ3n) is 3.04. The number of anilines is 1. The van der Waals surface area contributed by atoms with Gasteiger partial charge in [0.05, 0.1) is 6.61 Å². The predicted octanol–water partition coefficient (Wildman–Crippen LogP) is 1.09. The van der Waals surface area contributed by atoms with Crippen LogP contribution in [0.4, 0.5) is 5.69 Å². The van der Waals surface area contributed by atoms with E-state index in [1.807, 2.05) is 30.5 Å². The second-order valence-corrected chi connectivity index (χ2v) is 4.33. The molecule has 94 valence electrons. The van der Waals surface area contributed by atoms with Crippen molar-refractivity contribution in [2.75, 3.05) is 25.0 Å². The summed E-state index contributed by atoms with van der Waals surface area (Å²) in [6.45, 7) is 1.95. The van der Waals surface area contributed by atoms with Crippen molar-refractivity contribution in [1.82, 2.24) is 10.3 Å². The van der Waals surface area contributed by atoms with Gasteiger partial charge in [0.2, 0.25) is 0 Å². The molecule has 5 heteroatoms. The summed E-state index contributed by atoms with van der Waals surface area (Å²) in [4.78, 5) is 15.1. The summed E-state index contributed by atoms with van der Waals surface area (Å²) in [5, 5.41) is 7.09. The maximum atomic E-state index is 12.0. The highest BCUT2D eigenvalue weighted by atomic mass is 16.5. The zero-order valence-electron chi connectivity index (χ0n) is 9.90. The number of benzene rings is 1. The Bertz CT molecular complexity index is 558. The molecule has 2 aromatic rings. The van der Waals surface area contributed by atoms with E-state index in [0.717, 1.165) is 23.1 Å². The highest BCUT2D eigenvalue weighted by Crippen LogP contribution is 2.18. The van der Waals surface area contributed by atoms with Crippen LogP contribution in [0.2, 0.25) is 0 Å². The summed E-state index contributed by atoms with van der Waals surface area (Å²) < 4.78 is 5.40. The Morgan fingerprint density at radius 3 is 3.17 bits per heavy atom. The van der Waals surface area contributed by atoms with Crippen LogP contribution in [0.25, 0.3) is 10.9 Å². The van der Waals surface area contributed by atoms with E-state index in [4.69, 9.17) is 4.74 Å². The third kappa shape index (κ3) is 2.23. The fraction of sp³-hybridized carbons (Fsp3) is 0.308. The van der Waals surface area contributed by atoms with Gasteiger partial charge in [-0.2, -0.15) is 0 Å². The molecule has 2 heterocycles. The van der Waals surface area contributed by atoms with Gasteiger partial charge in [0.15, 0.2) is 0 Å². The van der Waals surface area contributed by atoms with Gasteiger partial charge in [0, 0.05) is 35.9 Å². The Morgan fingerprint density at radius 2 is 2.33 bits per heavy atom. The molecule has 0 bridgehead atoms. The van der Waals surface area contributed by atoms with Crippen molar-refractivity contribution in [3.63, 3.8) is 0 Å². The number of carbonyl (C=O) groups is 1. The number of aromatic nitrogens is 1. The van der Waals surface area contributed by atoms with Gasteiger partial charge in [-0.15, -0.1) is 0 Å². The number of amides is 1. The number of rotatable bonds is 2. The number of ether oxygens (including phenoxy) is 1. The minimum absolute atomic E-state index is 0.0999. The topological polar surface area (TPSA) is 66.2 Å². The van der Waals surface area contributed by atoms with Crippen molar-refractivity contribution >= 4 is 22.5 Å². The average molecular weight is 245 g/mol. The number of hydrogen-bond acceptors (Lipinski definition) is 3. The molecule has 1 fully saturated rings. The second kappa shape index (κ2) is 4.80. The monoisotopic (exact) mass is 245 g/mol. The summed E-state index contributed by atoms with van der Waals surface area (Å²) in [6.07, 6.45) is 1.48. The number of morpholine rings is 1. The van der Waals surface area contributed by atoms with E-state index >= 15 is 0 Å². The normalized spacial score (nSPS) is 19.9. The van der Waals surface area contributed by atoms with Crippen LogP contribution in [0.15, 0.2) is 30.5 Å². The lowest BCUT2D eigenvalue weighted by molar-refractivity contribution is -0.128. The first kappa shape index (κ1) is 11.3. The Kier molecular flexibility index (Phi) is 3.00. The van der Waals surface area contributed by atoms with Gasteiger partial charge in [0.25, 0.3) is 5.91 Å². The lowest BCUT2D eigenvalue weighted by atomic mass is 10.2. The van der Waals surface area contributed by atoms with Gasteiger partial charge in [-0.25, -0.2) is 0 Å².